The summed E-state index contributed by atoms with van der Waals surface area (Å²) in [6, 6.07) is 1.26. The van der Waals surface area contributed by atoms with Crippen LogP contribution in [-0.2, 0) is 11.2 Å². The third-order valence-electron chi connectivity index (χ3n) is 2.97. The van der Waals surface area contributed by atoms with E-state index in [1.165, 1.54) is 5.56 Å². The van der Waals surface area contributed by atoms with Crippen LogP contribution in [0.4, 0.5) is 4.79 Å². The molecular weight excluding hydrogens is 288 g/mol. The average molecular weight is 310 g/mol. The summed E-state index contributed by atoms with van der Waals surface area (Å²) in [6.07, 6.45) is 3.04. The van der Waals surface area contributed by atoms with E-state index in [2.05, 4.69) is 5.32 Å². The topological polar surface area (TPSA) is 69.6 Å². The van der Waals surface area contributed by atoms with E-state index in [1.54, 1.807) is 45.2 Å². The summed E-state index contributed by atoms with van der Waals surface area (Å²) >= 11 is 1.63. The molecule has 116 valence electrons. The number of nitrogens with zero attached hydrogens (tertiary/aromatic N) is 1. The van der Waals surface area contributed by atoms with Gasteiger partial charge in [0, 0.05) is 11.7 Å². The van der Waals surface area contributed by atoms with Gasteiger partial charge in [-0.05, 0) is 56.5 Å². The maximum atomic E-state index is 12.0. The molecule has 0 saturated carbocycles. The first kappa shape index (κ1) is 17.2. The van der Waals surface area contributed by atoms with Crippen molar-refractivity contribution in [1.82, 2.24) is 10.2 Å². The summed E-state index contributed by atoms with van der Waals surface area (Å²) < 4.78 is 0. The van der Waals surface area contributed by atoms with Gasteiger partial charge in [0.2, 0.25) is 5.91 Å². The highest BCUT2D eigenvalue weighted by atomic mass is 32.1. The van der Waals surface area contributed by atoms with Crippen LogP contribution in [0.15, 0.2) is 29.1 Å². The Labute approximate surface area is 129 Å². The lowest BCUT2D eigenvalue weighted by Crippen LogP contribution is -2.54. The SMILES string of the molecule is CC(C(=O)N/C=C/Cc1ccsc1)N(C(=O)O)C(C)(C)C. The van der Waals surface area contributed by atoms with Gasteiger partial charge in [-0.3, -0.25) is 9.69 Å². The summed E-state index contributed by atoms with van der Waals surface area (Å²) in [4.78, 5) is 24.5. The quantitative estimate of drug-likeness (QED) is 0.878. The lowest BCUT2D eigenvalue weighted by Gasteiger charge is -2.36. The minimum atomic E-state index is -1.10. The Morgan fingerprint density at radius 1 is 1.48 bits per heavy atom. The van der Waals surface area contributed by atoms with Crippen LogP contribution >= 0.6 is 11.3 Å². The van der Waals surface area contributed by atoms with E-state index in [-0.39, 0.29) is 5.91 Å². The number of carboxylic acid groups (broad SMARTS) is 1. The largest absolute Gasteiger partial charge is 0.465 e. The van der Waals surface area contributed by atoms with Crippen LogP contribution in [0.25, 0.3) is 0 Å². The zero-order valence-corrected chi connectivity index (χ0v) is 13.6. The number of carbonyl (C=O) groups excluding carboxylic acids is 1. The molecule has 0 aliphatic carbocycles. The van der Waals surface area contributed by atoms with E-state index in [0.29, 0.717) is 0 Å². The van der Waals surface area contributed by atoms with Gasteiger partial charge in [0.1, 0.15) is 6.04 Å². The fraction of sp³-hybridized carbons (Fsp3) is 0.467. The van der Waals surface area contributed by atoms with Gasteiger partial charge >= 0.3 is 6.09 Å². The molecule has 1 rings (SSSR count). The normalized spacial score (nSPS) is 13.1. The van der Waals surface area contributed by atoms with Gasteiger partial charge in [-0.25, -0.2) is 4.79 Å². The maximum Gasteiger partial charge on any atom is 0.408 e. The molecule has 2 amide bonds. The standard InChI is InChI=1S/C15H22N2O3S/c1-11(17(14(19)20)15(2,3)4)13(18)16-8-5-6-12-7-9-21-10-12/h5,7-11H,6H2,1-4H3,(H,16,18)(H,19,20)/b8-5+. The Balaban J connectivity index is 2.57. The molecule has 1 aromatic rings. The fourth-order valence-corrected chi connectivity index (χ4v) is 2.70. The van der Waals surface area contributed by atoms with Crippen LogP contribution in [0.3, 0.4) is 0 Å². The van der Waals surface area contributed by atoms with Crippen LogP contribution in [0.1, 0.15) is 33.3 Å². The summed E-state index contributed by atoms with van der Waals surface area (Å²) in [5.41, 5.74) is 0.545. The zero-order valence-electron chi connectivity index (χ0n) is 12.8. The number of hydrogen-bond donors (Lipinski definition) is 2. The summed E-state index contributed by atoms with van der Waals surface area (Å²) in [7, 11) is 0. The molecule has 0 aromatic carbocycles. The van der Waals surface area contributed by atoms with Gasteiger partial charge < -0.3 is 10.4 Å². The molecule has 21 heavy (non-hydrogen) atoms. The van der Waals surface area contributed by atoms with Gasteiger partial charge in [0.05, 0.1) is 0 Å². The van der Waals surface area contributed by atoms with E-state index >= 15 is 0 Å². The lowest BCUT2D eigenvalue weighted by atomic mass is 10.0. The van der Waals surface area contributed by atoms with E-state index in [1.807, 2.05) is 22.9 Å². The van der Waals surface area contributed by atoms with Gasteiger partial charge in [-0.2, -0.15) is 11.3 Å². The summed E-state index contributed by atoms with van der Waals surface area (Å²) in [6.45, 7) is 6.87. The number of nitrogens with one attached hydrogen (secondary N) is 1. The van der Waals surface area contributed by atoms with Crippen molar-refractivity contribution in [3.63, 3.8) is 0 Å². The molecule has 1 heterocycles. The first-order chi connectivity index (χ1) is 9.73. The van der Waals surface area contributed by atoms with Crippen molar-refractivity contribution in [2.24, 2.45) is 0 Å². The molecule has 6 heteroatoms. The van der Waals surface area contributed by atoms with Crippen molar-refractivity contribution in [3.05, 3.63) is 34.7 Å². The molecule has 0 radical (unpaired) electrons. The summed E-state index contributed by atoms with van der Waals surface area (Å²) in [5, 5.41) is 15.9. The zero-order chi connectivity index (χ0) is 16.0. The number of amides is 2. The second kappa shape index (κ2) is 7.26. The monoisotopic (exact) mass is 310 g/mol. The molecular formula is C15H22N2O3S. The molecule has 1 unspecified atom stereocenters. The van der Waals surface area contributed by atoms with Crippen LogP contribution in [0, 0.1) is 0 Å². The van der Waals surface area contributed by atoms with Gasteiger partial charge in [0.15, 0.2) is 0 Å². The Hall–Kier alpha value is -1.82. The Kier molecular flexibility index (Phi) is 5.96. The van der Waals surface area contributed by atoms with Gasteiger partial charge in [-0.15, -0.1) is 0 Å². The van der Waals surface area contributed by atoms with Crippen molar-refractivity contribution in [2.75, 3.05) is 0 Å². The Morgan fingerprint density at radius 3 is 2.62 bits per heavy atom. The predicted molar refractivity (Wildman–Crippen MR) is 84.4 cm³/mol. The molecule has 2 N–H and O–H groups in total. The molecule has 0 spiro atoms. The summed E-state index contributed by atoms with van der Waals surface area (Å²) in [5.74, 6) is -0.339. The van der Waals surface area contributed by atoms with Crippen molar-refractivity contribution in [3.8, 4) is 0 Å². The maximum absolute atomic E-state index is 12.0. The third-order valence-corrected chi connectivity index (χ3v) is 3.70. The molecule has 1 aromatic heterocycles. The Bertz CT molecular complexity index is 503. The van der Waals surface area contributed by atoms with E-state index in [9.17, 15) is 14.7 Å². The van der Waals surface area contributed by atoms with Crippen LogP contribution in [0.5, 0.6) is 0 Å². The number of rotatable bonds is 5. The molecule has 0 bridgehead atoms. The number of thiophene rings is 1. The van der Waals surface area contributed by atoms with Gasteiger partial charge in [-0.1, -0.05) is 6.08 Å². The molecule has 0 fully saturated rings. The van der Waals surface area contributed by atoms with Crippen molar-refractivity contribution in [1.29, 1.82) is 0 Å². The lowest BCUT2D eigenvalue weighted by molar-refractivity contribution is -0.125. The third kappa shape index (κ3) is 5.23. The molecule has 0 saturated heterocycles. The molecule has 0 aliphatic heterocycles. The molecule has 5 nitrogen and oxygen atoms in total. The van der Waals surface area contributed by atoms with E-state index in [4.69, 9.17) is 0 Å². The molecule has 1 atom stereocenters. The number of hydrogen-bond acceptors (Lipinski definition) is 3. The van der Waals surface area contributed by atoms with Crippen LogP contribution in [-0.4, -0.2) is 33.6 Å². The van der Waals surface area contributed by atoms with Crippen molar-refractivity contribution in [2.45, 2.75) is 45.7 Å². The first-order valence-electron chi connectivity index (χ1n) is 6.72. The smallest absolute Gasteiger partial charge is 0.408 e. The fourth-order valence-electron chi connectivity index (χ4n) is 2.02. The van der Waals surface area contributed by atoms with Crippen LogP contribution in [0.2, 0.25) is 0 Å². The highest BCUT2D eigenvalue weighted by Crippen LogP contribution is 2.17. The predicted octanol–water partition coefficient (Wildman–Crippen LogP) is 3.09. The second-order valence-electron chi connectivity index (χ2n) is 5.75. The second-order valence-corrected chi connectivity index (χ2v) is 6.53. The average Bonchev–Trinajstić information content (AvgIpc) is 2.85. The highest BCUT2D eigenvalue weighted by Gasteiger charge is 2.34. The molecule has 0 aliphatic rings. The van der Waals surface area contributed by atoms with E-state index in [0.717, 1.165) is 11.3 Å². The van der Waals surface area contributed by atoms with E-state index < -0.39 is 17.7 Å². The number of allylic oxidation sites excluding steroid dienone is 1. The van der Waals surface area contributed by atoms with Crippen LogP contribution < -0.4 is 5.32 Å². The number of carbonyl (C=O) groups is 2. The first-order valence-corrected chi connectivity index (χ1v) is 7.66. The van der Waals surface area contributed by atoms with Crippen molar-refractivity contribution >= 4 is 23.3 Å². The van der Waals surface area contributed by atoms with Gasteiger partial charge in [0.25, 0.3) is 0 Å². The minimum Gasteiger partial charge on any atom is -0.465 e. The van der Waals surface area contributed by atoms with Crippen molar-refractivity contribution < 1.29 is 14.7 Å². The Morgan fingerprint density at radius 2 is 2.14 bits per heavy atom. The highest BCUT2D eigenvalue weighted by molar-refractivity contribution is 7.07. The minimum absolute atomic E-state index is 0.339.